The minimum atomic E-state index is -0.427. The van der Waals surface area contributed by atoms with Crippen molar-refractivity contribution in [1.82, 2.24) is 24.7 Å². The summed E-state index contributed by atoms with van der Waals surface area (Å²) in [6.07, 6.45) is 3.23. The number of nitrogens with one attached hydrogen (secondary N) is 3. The molecule has 1 amide bonds. The molecule has 3 heterocycles. The fraction of sp³-hybridized carbons (Fsp3) is 0.182. The van der Waals surface area contributed by atoms with Crippen molar-refractivity contribution in [3.8, 4) is 11.8 Å². The van der Waals surface area contributed by atoms with E-state index >= 15 is 0 Å². The molecule has 0 saturated carbocycles. The number of hydrogen-bond acceptors (Lipinski definition) is 6. The van der Waals surface area contributed by atoms with E-state index < -0.39 is 5.56 Å². The molecule has 0 spiro atoms. The monoisotopic (exact) mass is 429 g/mol. The molecule has 32 heavy (non-hydrogen) atoms. The van der Waals surface area contributed by atoms with Gasteiger partial charge in [-0.2, -0.15) is 10.4 Å². The summed E-state index contributed by atoms with van der Waals surface area (Å²) in [4.78, 5) is 45.9. The number of rotatable bonds is 5. The van der Waals surface area contributed by atoms with Crippen LogP contribution in [-0.4, -0.2) is 30.6 Å². The number of benzene rings is 1. The third-order valence-corrected chi connectivity index (χ3v) is 5.30. The standard InChI is InChI=1S/C22H19N7O3/c1-12-14(13(2)27-22(32)15(12)9-23)7-8-19(30)28-17-5-3-4-6-18(17)29-20-16(10-26-29)21(31)25-11-24-20/h3-6,10-11H,7-8H2,1-2H3,(H,27,32)(H,28,30)(H,24,25,31). The Morgan fingerprint density at radius 1 is 1.22 bits per heavy atom. The summed E-state index contributed by atoms with van der Waals surface area (Å²) in [7, 11) is 0. The van der Waals surface area contributed by atoms with E-state index in [0.29, 0.717) is 40.1 Å². The van der Waals surface area contributed by atoms with E-state index in [1.165, 1.54) is 17.2 Å². The van der Waals surface area contributed by atoms with Gasteiger partial charge >= 0.3 is 0 Å². The van der Waals surface area contributed by atoms with Gasteiger partial charge in [-0.3, -0.25) is 14.4 Å². The van der Waals surface area contributed by atoms with Crippen molar-refractivity contribution < 1.29 is 4.79 Å². The minimum Gasteiger partial charge on any atom is -0.325 e. The van der Waals surface area contributed by atoms with Crippen molar-refractivity contribution in [2.75, 3.05) is 5.32 Å². The lowest BCUT2D eigenvalue weighted by atomic mass is 9.99. The highest BCUT2D eigenvalue weighted by molar-refractivity contribution is 5.93. The van der Waals surface area contributed by atoms with Gasteiger partial charge in [-0.05, 0) is 43.5 Å². The Morgan fingerprint density at radius 2 is 2.00 bits per heavy atom. The summed E-state index contributed by atoms with van der Waals surface area (Å²) in [5.41, 5.74) is 2.78. The van der Waals surface area contributed by atoms with Gasteiger partial charge in [-0.1, -0.05) is 12.1 Å². The first-order valence-corrected chi connectivity index (χ1v) is 9.84. The number of hydrogen-bond donors (Lipinski definition) is 3. The Balaban J connectivity index is 1.59. The summed E-state index contributed by atoms with van der Waals surface area (Å²) < 4.78 is 1.50. The number of aromatic nitrogens is 5. The number of aryl methyl sites for hydroxylation is 1. The Hall–Kier alpha value is -4.52. The molecule has 0 bridgehead atoms. The van der Waals surface area contributed by atoms with Crippen LogP contribution in [0.25, 0.3) is 16.7 Å². The van der Waals surface area contributed by atoms with Gasteiger partial charge in [0.1, 0.15) is 17.0 Å². The summed E-state index contributed by atoms with van der Waals surface area (Å²) in [5.74, 6) is -0.247. The summed E-state index contributed by atoms with van der Waals surface area (Å²) >= 11 is 0. The normalized spacial score (nSPS) is 10.8. The number of aromatic amines is 2. The number of nitriles is 1. The van der Waals surface area contributed by atoms with Crippen LogP contribution in [0.1, 0.15) is 28.8 Å². The third kappa shape index (κ3) is 3.67. The van der Waals surface area contributed by atoms with Crippen LogP contribution in [0.3, 0.4) is 0 Å². The SMILES string of the molecule is Cc1[nH]c(=O)c(C#N)c(C)c1CCC(=O)Nc1ccccc1-n1ncc2c(=O)[nH]cnc21. The van der Waals surface area contributed by atoms with E-state index in [1.54, 1.807) is 38.1 Å². The molecule has 0 aliphatic heterocycles. The highest BCUT2D eigenvalue weighted by Crippen LogP contribution is 2.23. The van der Waals surface area contributed by atoms with Gasteiger partial charge in [0.05, 0.1) is 23.9 Å². The number of carbonyl (C=O) groups is 1. The van der Waals surface area contributed by atoms with E-state index in [0.717, 1.165) is 5.56 Å². The fourth-order valence-corrected chi connectivity index (χ4v) is 3.67. The van der Waals surface area contributed by atoms with Crippen LogP contribution in [0.5, 0.6) is 0 Å². The molecule has 10 heteroatoms. The molecular formula is C22H19N7O3. The zero-order chi connectivity index (χ0) is 22.8. The Bertz CT molecular complexity index is 1500. The number of carbonyl (C=O) groups excluding carboxylic acids is 1. The second-order valence-corrected chi connectivity index (χ2v) is 7.26. The lowest BCUT2D eigenvalue weighted by molar-refractivity contribution is -0.116. The van der Waals surface area contributed by atoms with Gasteiger partial charge in [0.2, 0.25) is 5.91 Å². The highest BCUT2D eigenvalue weighted by atomic mass is 16.1. The first kappa shape index (κ1) is 20.7. The molecular weight excluding hydrogens is 410 g/mol. The third-order valence-electron chi connectivity index (χ3n) is 5.30. The predicted octanol–water partition coefficient (Wildman–Crippen LogP) is 1.86. The van der Waals surface area contributed by atoms with E-state index in [9.17, 15) is 19.6 Å². The molecule has 160 valence electrons. The van der Waals surface area contributed by atoms with Gasteiger partial charge in [-0.15, -0.1) is 0 Å². The molecule has 0 atom stereocenters. The summed E-state index contributed by atoms with van der Waals surface area (Å²) in [6.45, 7) is 3.45. The average molecular weight is 429 g/mol. The molecule has 0 aliphatic rings. The largest absolute Gasteiger partial charge is 0.325 e. The van der Waals surface area contributed by atoms with Gasteiger partial charge < -0.3 is 15.3 Å². The molecule has 0 unspecified atom stereocenters. The zero-order valence-electron chi connectivity index (χ0n) is 17.4. The van der Waals surface area contributed by atoms with Crippen molar-refractivity contribution in [3.63, 3.8) is 0 Å². The van der Waals surface area contributed by atoms with E-state index in [4.69, 9.17) is 0 Å². The lowest BCUT2D eigenvalue weighted by Gasteiger charge is -2.13. The van der Waals surface area contributed by atoms with E-state index in [2.05, 4.69) is 25.4 Å². The second-order valence-electron chi connectivity index (χ2n) is 7.26. The maximum Gasteiger partial charge on any atom is 0.266 e. The Kier molecular flexibility index (Phi) is 5.39. The zero-order valence-corrected chi connectivity index (χ0v) is 17.4. The maximum absolute atomic E-state index is 12.7. The molecule has 0 radical (unpaired) electrons. The highest BCUT2D eigenvalue weighted by Gasteiger charge is 2.16. The molecule has 10 nitrogen and oxygen atoms in total. The molecule has 3 aromatic heterocycles. The van der Waals surface area contributed by atoms with Crippen LogP contribution in [0.15, 0.2) is 46.4 Å². The molecule has 0 aliphatic carbocycles. The van der Waals surface area contributed by atoms with Crippen molar-refractivity contribution in [1.29, 1.82) is 5.26 Å². The van der Waals surface area contributed by atoms with Crippen LogP contribution in [-0.2, 0) is 11.2 Å². The molecule has 0 saturated heterocycles. The van der Waals surface area contributed by atoms with Crippen molar-refractivity contribution in [3.05, 3.63) is 79.9 Å². The number of H-pyrrole nitrogens is 2. The number of anilines is 1. The van der Waals surface area contributed by atoms with Crippen molar-refractivity contribution >= 4 is 22.6 Å². The number of fused-ring (bicyclic) bond motifs is 1. The quantitative estimate of drug-likeness (QED) is 0.441. The Labute approximate surface area is 181 Å². The van der Waals surface area contributed by atoms with Crippen LogP contribution in [0, 0.1) is 25.2 Å². The number of pyridine rings is 1. The van der Waals surface area contributed by atoms with Crippen molar-refractivity contribution in [2.24, 2.45) is 0 Å². The number of para-hydroxylation sites is 2. The Morgan fingerprint density at radius 3 is 2.78 bits per heavy atom. The molecule has 1 aromatic carbocycles. The molecule has 4 aromatic rings. The van der Waals surface area contributed by atoms with Crippen molar-refractivity contribution in [2.45, 2.75) is 26.7 Å². The van der Waals surface area contributed by atoms with Gasteiger partial charge in [0.25, 0.3) is 11.1 Å². The van der Waals surface area contributed by atoms with E-state index in [1.807, 2.05) is 6.07 Å². The predicted molar refractivity (Wildman–Crippen MR) is 118 cm³/mol. The lowest BCUT2D eigenvalue weighted by Crippen LogP contribution is -2.19. The molecule has 3 N–H and O–H groups in total. The topological polar surface area (TPSA) is 149 Å². The first-order chi connectivity index (χ1) is 15.4. The van der Waals surface area contributed by atoms with E-state index in [-0.39, 0.29) is 23.5 Å². The number of nitrogens with zero attached hydrogens (tertiary/aromatic N) is 4. The minimum absolute atomic E-state index is 0.0596. The van der Waals surface area contributed by atoms with Crippen LogP contribution >= 0.6 is 0 Å². The maximum atomic E-state index is 12.7. The van der Waals surface area contributed by atoms with Crippen LogP contribution in [0.2, 0.25) is 0 Å². The second kappa shape index (κ2) is 8.31. The van der Waals surface area contributed by atoms with Crippen LogP contribution < -0.4 is 16.4 Å². The smallest absolute Gasteiger partial charge is 0.266 e. The van der Waals surface area contributed by atoms with Gasteiger partial charge in [-0.25, -0.2) is 9.67 Å². The van der Waals surface area contributed by atoms with Gasteiger partial charge in [0, 0.05) is 12.1 Å². The van der Waals surface area contributed by atoms with Crippen LogP contribution in [0.4, 0.5) is 5.69 Å². The number of amides is 1. The summed E-state index contributed by atoms with van der Waals surface area (Å²) in [6, 6.07) is 8.99. The molecule has 0 fully saturated rings. The van der Waals surface area contributed by atoms with Gasteiger partial charge in [0.15, 0.2) is 5.65 Å². The molecule has 4 rings (SSSR count). The summed E-state index contributed by atoms with van der Waals surface area (Å²) in [5, 5.41) is 16.7. The average Bonchev–Trinajstić information content (AvgIpc) is 3.19. The fourth-order valence-electron chi connectivity index (χ4n) is 3.67. The first-order valence-electron chi connectivity index (χ1n) is 9.84.